The average Bonchev–Trinajstić information content (AvgIpc) is 2.20. The molecule has 0 aliphatic rings. The Morgan fingerprint density at radius 3 is 2.86 bits per heavy atom. The number of rotatable bonds is 1. The monoisotopic (exact) mass is 183 g/mol. The quantitative estimate of drug-likeness (QED) is 0.737. The van der Waals surface area contributed by atoms with Crippen molar-refractivity contribution in [1.82, 2.24) is 4.98 Å². The Hall–Kier alpha value is -1.83. The van der Waals surface area contributed by atoms with Gasteiger partial charge in [-0.1, -0.05) is 18.2 Å². The molecule has 0 unspecified atom stereocenters. The molecule has 2 heteroatoms. The lowest BCUT2D eigenvalue weighted by Crippen LogP contribution is -1.92. The molecule has 1 aromatic heterocycles. The third-order valence-electron chi connectivity index (χ3n) is 2.21. The molecule has 0 atom stereocenters. The van der Waals surface area contributed by atoms with E-state index in [1.165, 1.54) is 5.56 Å². The van der Waals surface area contributed by atoms with E-state index in [4.69, 9.17) is 5.73 Å². The van der Waals surface area contributed by atoms with Gasteiger partial charge in [0.15, 0.2) is 0 Å². The highest BCUT2D eigenvalue weighted by atomic mass is 14.7. The van der Waals surface area contributed by atoms with Crippen LogP contribution in [0.15, 0.2) is 36.7 Å². The highest BCUT2D eigenvalue weighted by Gasteiger charge is 2.03. The Morgan fingerprint density at radius 1 is 1.29 bits per heavy atom. The van der Waals surface area contributed by atoms with E-state index < -0.39 is 0 Å². The van der Waals surface area contributed by atoms with Crippen LogP contribution >= 0.6 is 0 Å². The Balaban J connectivity index is 2.61. The second kappa shape index (κ2) is 3.50. The van der Waals surface area contributed by atoms with Gasteiger partial charge >= 0.3 is 0 Å². The van der Waals surface area contributed by atoms with Crippen molar-refractivity contribution in [2.75, 3.05) is 5.73 Å². The summed E-state index contributed by atoms with van der Waals surface area (Å²) in [6, 6.07) is 10.8. The molecule has 0 aliphatic heterocycles. The molecule has 0 saturated carbocycles. The molecule has 0 aliphatic carbocycles. The SMILES string of the molecule is Cc1c[c]ccc1-c1ccncc1N. The first-order valence-corrected chi connectivity index (χ1v) is 4.45. The van der Waals surface area contributed by atoms with Crippen LogP contribution in [-0.4, -0.2) is 4.98 Å². The van der Waals surface area contributed by atoms with Gasteiger partial charge < -0.3 is 5.73 Å². The molecule has 1 heterocycles. The molecular weight excluding hydrogens is 172 g/mol. The van der Waals surface area contributed by atoms with E-state index in [0.717, 1.165) is 11.1 Å². The molecule has 0 amide bonds. The summed E-state index contributed by atoms with van der Waals surface area (Å²) >= 11 is 0. The third-order valence-corrected chi connectivity index (χ3v) is 2.21. The number of hydrogen-bond donors (Lipinski definition) is 1. The van der Waals surface area contributed by atoms with Crippen molar-refractivity contribution in [2.45, 2.75) is 6.92 Å². The highest BCUT2D eigenvalue weighted by Crippen LogP contribution is 2.26. The van der Waals surface area contributed by atoms with Crippen LogP contribution in [0, 0.1) is 13.0 Å². The van der Waals surface area contributed by atoms with Gasteiger partial charge in [0, 0.05) is 11.8 Å². The number of hydrogen-bond acceptors (Lipinski definition) is 2. The van der Waals surface area contributed by atoms with Crippen molar-refractivity contribution in [3.63, 3.8) is 0 Å². The number of nitrogen functional groups attached to an aromatic ring is 1. The van der Waals surface area contributed by atoms with Crippen molar-refractivity contribution >= 4 is 5.69 Å². The summed E-state index contributed by atoms with van der Waals surface area (Å²) in [7, 11) is 0. The molecule has 0 saturated heterocycles. The fraction of sp³-hybridized carbons (Fsp3) is 0.0833. The summed E-state index contributed by atoms with van der Waals surface area (Å²) in [4.78, 5) is 3.97. The molecule has 0 fully saturated rings. The number of aryl methyl sites for hydroxylation is 1. The predicted octanol–water partition coefficient (Wildman–Crippen LogP) is 2.44. The number of nitrogens with zero attached hydrogens (tertiary/aromatic N) is 1. The first-order chi connectivity index (χ1) is 6.79. The molecule has 14 heavy (non-hydrogen) atoms. The summed E-state index contributed by atoms with van der Waals surface area (Å²) < 4.78 is 0. The Labute approximate surface area is 83.4 Å². The number of nitrogens with two attached hydrogens (primary N) is 1. The molecule has 2 N–H and O–H groups in total. The number of pyridine rings is 1. The second-order valence-electron chi connectivity index (χ2n) is 3.20. The fourth-order valence-corrected chi connectivity index (χ4v) is 1.47. The van der Waals surface area contributed by atoms with Gasteiger partial charge in [-0.25, -0.2) is 0 Å². The van der Waals surface area contributed by atoms with Crippen LogP contribution in [0.4, 0.5) is 5.69 Å². The van der Waals surface area contributed by atoms with Crippen LogP contribution in [0.3, 0.4) is 0 Å². The molecule has 2 nitrogen and oxygen atoms in total. The lowest BCUT2D eigenvalue weighted by molar-refractivity contribution is 1.33. The minimum Gasteiger partial charge on any atom is -0.397 e. The molecule has 0 spiro atoms. The minimum atomic E-state index is 0.710. The Bertz CT molecular complexity index is 406. The van der Waals surface area contributed by atoms with Crippen molar-refractivity contribution in [1.29, 1.82) is 0 Å². The number of anilines is 1. The summed E-state index contributed by atoms with van der Waals surface area (Å²) in [6.45, 7) is 2.05. The second-order valence-corrected chi connectivity index (χ2v) is 3.20. The van der Waals surface area contributed by atoms with Crippen LogP contribution in [-0.2, 0) is 0 Å². The highest BCUT2D eigenvalue weighted by molar-refractivity contribution is 5.77. The van der Waals surface area contributed by atoms with Crippen molar-refractivity contribution in [3.05, 3.63) is 48.3 Å². The van der Waals surface area contributed by atoms with Crippen LogP contribution in [0.2, 0.25) is 0 Å². The topological polar surface area (TPSA) is 38.9 Å². The van der Waals surface area contributed by atoms with Crippen molar-refractivity contribution in [2.24, 2.45) is 0 Å². The molecule has 0 bridgehead atoms. The van der Waals surface area contributed by atoms with Crippen LogP contribution in [0.5, 0.6) is 0 Å². The van der Waals surface area contributed by atoms with Gasteiger partial charge in [0.1, 0.15) is 0 Å². The maximum atomic E-state index is 5.85. The summed E-state index contributed by atoms with van der Waals surface area (Å²) in [5, 5.41) is 0. The standard InChI is InChI=1S/C12H11N2/c1-9-4-2-3-5-10(9)11-6-7-14-8-12(11)13/h3-8H,13H2,1H3. The van der Waals surface area contributed by atoms with E-state index in [-0.39, 0.29) is 0 Å². The molecule has 2 aromatic rings. The molecule has 2 rings (SSSR count). The van der Waals surface area contributed by atoms with E-state index in [2.05, 4.69) is 11.1 Å². The predicted molar refractivity (Wildman–Crippen MR) is 57.7 cm³/mol. The van der Waals surface area contributed by atoms with Crippen molar-refractivity contribution in [3.8, 4) is 11.1 Å². The van der Waals surface area contributed by atoms with Crippen LogP contribution < -0.4 is 5.73 Å². The number of benzene rings is 1. The maximum Gasteiger partial charge on any atom is 0.0580 e. The van der Waals surface area contributed by atoms with Gasteiger partial charge in [-0.05, 0) is 30.2 Å². The average molecular weight is 183 g/mol. The largest absolute Gasteiger partial charge is 0.397 e. The zero-order valence-electron chi connectivity index (χ0n) is 7.99. The Kier molecular flexibility index (Phi) is 2.19. The maximum absolute atomic E-state index is 5.85. The van der Waals surface area contributed by atoms with Gasteiger partial charge in [-0.15, -0.1) is 0 Å². The van der Waals surface area contributed by atoms with E-state index >= 15 is 0 Å². The summed E-state index contributed by atoms with van der Waals surface area (Å²) in [5.74, 6) is 0. The lowest BCUT2D eigenvalue weighted by Gasteiger charge is -2.07. The van der Waals surface area contributed by atoms with E-state index in [0.29, 0.717) is 5.69 Å². The summed E-state index contributed by atoms with van der Waals surface area (Å²) in [6.07, 6.45) is 3.42. The molecule has 69 valence electrons. The van der Waals surface area contributed by atoms with Gasteiger partial charge in [0.25, 0.3) is 0 Å². The number of aromatic nitrogens is 1. The van der Waals surface area contributed by atoms with Gasteiger partial charge in [-0.3, -0.25) is 4.98 Å². The van der Waals surface area contributed by atoms with E-state index in [9.17, 15) is 0 Å². The van der Waals surface area contributed by atoms with Crippen LogP contribution in [0.25, 0.3) is 11.1 Å². The van der Waals surface area contributed by atoms with Crippen LogP contribution in [0.1, 0.15) is 5.56 Å². The van der Waals surface area contributed by atoms with Gasteiger partial charge in [-0.2, -0.15) is 0 Å². The van der Waals surface area contributed by atoms with Gasteiger partial charge in [0.05, 0.1) is 11.9 Å². The minimum absolute atomic E-state index is 0.710. The first-order valence-electron chi connectivity index (χ1n) is 4.45. The Morgan fingerprint density at radius 2 is 2.14 bits per heavy atom. The van der Waals surface area contributed by atoms with E-state index in [1.807, 2.05) is 31.2 Å². The molecular formula is C12H11N2. The smallest absolute Gasteiger partial charge is 0.0580 e. The first kappa shape index (κ1) is 8.75. The van der Waals surface area contributed by atoms with E-state index in [1.54, 1.807) is 12.4 Å². The van der Waals surface area contributed by atoms with Crippen molar-refractivity contribution < 1.29 is 0 Å². The third kappa shape index (κ3) is 1.46. The molecule has 1 aromatic carbocycles. The lowest BCUT2D eigenvalue weighted by atomic mass is 10.0. The summed E-state index contributed by atoms with van der Waals surface area (Å²) in [5.41, 5.74) is 9.91. The zero-order valence-corrected chi connectivity index (χ0v) is 7.99. The normalized spacial score (nSPS) is 10.1. The molecule has 1 radical (unpaired) electrons. The van der Waals surface area contributed by atoms with Gasteiger partial charge in [0.2, 0.25) is 0 Å². The zero-order chi connectivity index (χ0) is 9.97. The fourth-order valence-electron chi connectivity index (χ4n) is 1.47.